The zero-order valence-corrected chi connectivity index (χ0v) is 22.1. The van der Waals surface area contributed by atoms with Gasteiger partial charge in [0.2, 0.25) is 5.88 Å². The average molecular weight is 545 g/mol. The second-order valence-corrected chi connectivity index (χ2v) is 10.2. The minimum Gasteiger partial charge on any atom is -0.475 e. The number of carbonyl (C=O) groups is 1. The molecule has 2 atom stereocenters. The van der Waals surface area contributed by atoms with Gasteiger partial charge < -0.3 is 14.4 Å². The minimum absolute atomic E-state index is 0.0276. The first-order valence-corrected chi connectivity index (χ1v) is 13.1. The maximum absolute atomic E-state index is 14.3. The van der Waals surface area contributed by atoms with E-state index in [4.69, 9.17) is 9.47 Å². The van der Waals surface area contributed by atoms with Crippen LogP contribution >= 0.6 is 0 Å². The highest BCUT2D eigenvalue weighted by atomic mass is 32.2. The highest BCUT2D eigenvalue weighted by Crippen LogP contribution is 2.51. The summed E-state index contributed by atoms with van der Waals surface area (Å²) in [7, 11) is -0.328. The summed E-state index contributed by atoms with van der Waals surface area (Å²) >= 11 is 0. The Morgan fingerprint density at radius 3 is 2.37 bits per heavy atom. The van der Waals surface area contributed by atoms with Crippen molar-refractivity contribution in [2.24, 2.45) is 0 Å². The summed E-state index contributed by atoms with van der Waals surface area (Å²) in [4.78, 5) is 19.8. The second-order valence-electron chi connectivity index (χ2n) is 8.81. The standard InChI is InChI=1S/C28H27F3N2O4S/c1-5-36-27(34)24-22(19-13-9-10-14-20(19)28(29,30)31)23-21(15-16-32-25(23)37-17(2)3)33(4)26(24)38(35)18-11-7-6-8-12-18/h6-17,22H,5H2,1-4H3. The molecule has 1 aliphatic heterocycles. The summed E-state index contributed by atoms with van der Waals surface area (Å²) in [5.74, 6) is -2.11. The van der Waals surface area contributed by atoms with Gasteiger partial charge in [0, 0.05) is 18.1 Å². The van der Waals surface area contributed by atoms with Crippen molar-refractivity contribution in [2.45, 2.75) is 43.9 Å². The summed E-state index contributed by atoms with van der Waals surface area (Å²) in [5.41, 5.74) is -0.599. The number of rotatable bonds is 7. The fraction of sp³-hybridized carbons (Fsp3) is 0.286. The van der Waals surface area contributed by atoms with Gasteiger partial charge in [-0.15, -0.1) is 0 Å². The molecule has 0 spiro atoms. The maximum Gasteiger partial charge on any atom is 0.416 e. The zero-order valence-electron chi connectivity index (χ0n) is 21.3. The van der Waals surface area contributed by atoms with Crippen molar-refractivity contribution in [3.63, 3.8) is 0 Å². The van der Waals surface area contributed by atoms with Crippen LogP contribution in [-0.4, -0.2) is 34.9 Å². The lowest BCUT2D eigenvalue weighted by molar-refractivity contribution is -0.140. The molecule has 0 fully saturated rings. The lowest BCUT2D eigenvalue weighted by Crippen LogP contribution is -2.34. The van der Waals surface area contributed by atoms with E-state index in [-0.39, 0.29) is 40.3 Å². The van der Waals surface area contributed by atoms with Crippen LogP contribution in [0.15, 0.2) is 82.4 Å². The number of benzene rings is 2. The molecule has 0 saturated heterocycles. The lowest BCUT2D eigenvalue weighted by atomic mass is 9.80. The number of nitrogens with zero attached hydrogens (tertiary/aromatic N) is 2. The van der Waals surface area contributed by atoms with Gasteiger partial charge in [0.15, 0.2) is 0 Å². The number of carbonyl (C=O) groups excluding carboxylic acids is 1. The Morgan fingerprint density at radius 2 is 1.74 bits per heavy atom. The van der Waals surface area contributed by atoms with Gasteiger partial charge >= 0.3 is 12.1 Å². The molecule has 0 bridgehead atoms. The molecule has 2 aromatic carbocycles. The third-order valence-electron chi connectivity index (χ3n) is 5.96. The molecule has 1 aliphatic rings. The zero-order chi connectivity index (χ0) is 27.6. The number of anilines is 1. The van der Waals surface area contributed by atoms with Gasteiger partial charge in [0.05, 0.1) is 41.0 Å². The number of aromatic nitrogens is 1. The van der Waals surface area contributed by atoms with E-state index in [1.807, 2.05) is 0 Å². The maximum atomic E-state index is 14.3. The normalized spacial score (nSPS) is 16.3. The van der Waals surface area contributed by atoms with Crippen LogP contribution in [0.2, 0.25) is 0 Å². The first kappa shape index (κ1) is 27.4. The summed E-state index contributed by atoms with van der Waals surface area (Å²) < 4.78 is 68.2. The van der Waals surface area contributed by atoms with Crippen LogP contribution in [0, 0.1) is 0 Å². The molecule has 0 saturated carbocycles. The molecule has 200 valence electrons. The topological polar surface area (TPSA) is 68.7 Å². The van der Waals surface area contributed by atoms with Crippen LogP contribution in [0.5, 0.6) is 5.88 Å². The predicted octanol–water partition coefficient (Wildman–Crippen LogP) is 6.05. The van der Waals surface area contributed by atoms with Crippen LogP contribution in [0.25, 0.3) is 0 Å². The number of hydrogen-bond acceptors (Lipinski definition) is 6. The van der Waals surface area contributed by atoms with Gasteiger partial charge in [-0.2, -0.15) is 13.2 Å². The van der Waals surface area contributed by atoms with Crippen LogP contribution in [0.3, 0.4) is 0 Å². The van der Waals surface area contributed by atoms with E-state index in [0.29, 0.717) is 10.6 Å². The Morgan fingerprint density at radius 1 is 1.08 bits per heavy atom. The molecule has 10 heteroatoms. The molecule has 3 aromatic rings. The van der Waals surface area contributed by atoms with Gasteiger partial charge in [-0.05, 0) is 50.6 Å². The molecule has 4 rings (SSSR count). The highest BCUT2D eigenvalue weighted by molar-refractivity contribution is 7.89. The van der Waals surface area contributed by atoms with Crippen molar-refractivity contribution in [2.75, 3.05) is 18.6 Å². The van der Waals surface area contributed by atoms with E-state index in [2.05, 4.69) is 4.98 Å². The molecular weight excluding hydrogens is 517 g/mol. The smallest absolute Gasteiger partial charge is 0.416 e. The number of pyridine rings is 1. The van der Waals surface area contributed by atoms with Gasteiger partial charge in [0.25, 0.3) is 0 Å². The largest absolute Gasteiger partial charge is 0.475 e. The predicted molar refractivity (Wildman–Crippen MR) is 138 cm³/mol. The quantitative estimate of drug-likeness (QED) is 0.337. The number of esters is 1. The van der Waals surface area contributed by atoms with E-state index in [9.17, 15) is 22.2 Å². The Labute approximate surface area is 221 Å². The first-order chi connectivity index (χ1) is 18.1. The minimum atomic E-state index is -4.72. The number of halogens is 3. The third-order valence-corrected chi connectivity index (χ3v) is 7.50. The second kappa shape index (κ2) is 11.0. The summed E-state index contributed by atoms with van der Waals surface area (Å²) in [6.07, 6.45) is -3.61. The van der Waals surface area contributed by atoms with Gasteiger partial charge in [-0.3, -0.25) is 0 Å². The average Bonchev–Trinajstić information content (AvgIpc) is 2.88. The summed E-state index contributed by atoms with van der Waals surface area (Å²) in [6.45, 7) is 5.11. The van der Waals surface area contributed by atoms with Gasteiger partial charge in [-0.25, -0.2) is 14.0 Å². The Bertz CT molecular complexity index is 1390. The van der Waals surface area contributed by atoms with Crippen LogP contribution < -0.4 is 9.64 Å². The first-order valence-electron chi connectivity index (χ1n) is 12.0. The Kier molecular flexibility index (Phi) is 7.91. The van der Waals surface area contributed by atoms with Crippen LogP contribution in [-0.2, 0) is 26.5 Å². The van der Waals surface area contributed by atoms with Crippen molar-refractivity contribution < 1.29 is 31.6 Å². The monoisotopic (exact) mass is 544 g/mol. The fourth-order valence-electron chi connectivity index (χ4n) is 4.50. The van der Waals surface area contributed by atoms with Crippen molar-refractivity contribution in [3.05, 3.63) is 94.2 Å². The molecule has 0 aliphatic carbocycles. The van der Waals surface area contributed by atoms with Crippen molar-refractivity contribution in [1.82, 2.24) is 4.98 Å². The van der Waals surface area contributed by atoms with Crippen molar-refractivity contribution in [1.29, 1.82) is 0 Å². The van der Waals surface area contributed by atoms with Crippen molar-refractivity contribution >= 4 is 22.5 Å². The number of hydrogen-bond donors (Lipinski definition) is 0. The Hall–Kier alpha value is -3.66. The summed E-state index contributed by atoms with van der Waals surface area (Å²) in [6, 6.07) is 15.1. The van der Waals surface area contributed by atoms with Crippen LogP contribution in [0.1, 0.15) is 43.4 Å². The molecule has 0 N–H and O–H groups in total. The fourth-order valence-corrected chi connectivity index (χ4v) is 5.87. The SMILES string of the molecule is CCOC(=O)C1=C(S(=O)c2ccccc2)N(C)c2ccnc(OC(C)C)c2C1c1ccccc1C(F)(F)F. The molecule has 1 aromatic heterocycles. The van der Waals surface area contributed by atoms with Crippen LogP contribution in [0.4, 0.5) is 18.9 Å². The van der Waals surface area contributed by atoms with E-state index in [1.165, 1.54) is 24.4 Å². The van der Waals surface area contributed by atoms with Gasteiger partial charge in [-0.1, -0.05) is 36.4 Å². The molecular formula is C28H27F3N2O4S. The molecule has 2 unspecified atom stereocenters. The molecule has 2 heterocycles. The van der Waals surface area contributed by atoms with E-state index < -0.39 is 34.4 Å². The number of fused-ring (bicyclic) bond motifs is 1. The van der Waals surface area contributed by atoms with Gasteiger partial charge in [0.1, 0.15) is 15.8 Å². The number of ether oxygens (including phenoxy) is 2. The van der Waals surface area contributed by atoms with E-state index >= 15 is 0 Å². The molecule has 38 heavy (non-hydrogen) atoms. The van der Waals surface area contributed by atoms with E-state index in [1.54, 1.807) is 69.1 Å². The lowest BCUT2D eigenvalue weighted by Gasteiger charge is -2.37. The molecule has 0 amide bonds. The summed E-state index contributed by atoms with van der Waals surface area (Å²) in [5, 5.41) is 0.0332. The van der Waals surface area contributed by atoms with E-state index in [0.717, 1.165) is 6.07 Å². The molecule has 6 nitrogen and oxygen atoms in total. The molecule has 0 radical (unpaired) electrons. The van der Waals surface area contributed by atoms with Crippen molar-refractivity contribution in [3.8, 4) is 5.88 Å². The third kappa shape index (κ3) is 5.18. The highest BCUT2D eigenvalue weighted by Gasteiger charge is 2.45. The Balaban J connectivity index is 2.13. The number of alkyl halides is 3.